The SMILES string of the molecule is CC([O])C(C)C(C)(C)[O]. The Hall–Kier alpha value is -0.0800. The summed E-state index contributed by atoms with van der Waals surface area (Å²) in [6.45, 7) is 6.33. The van der Waals surface area contributed by atoms with Gasteiger partial charge in [-0.1, -0.05) is 6.92 Å². The summed E-state index contributed by atoms with van der Waals surface area (Å²) in [7, 11) is 0. The highest BCUT2D eigenvalue weighted by Gasteiger charge is 2.28. The van der Waals surface area contributed by atoms with Crippen molar-refractivity contribution in [3.8, 4) is 0 Å². The molecule has 0 aromatic heterocycles. The maximum Gasteiger partial charge on any atom is 0.103 e. The molecule has 0 saturated heterocycles. The van der Waals surface area contributed by atoms with E-state index in [1.54, 1.807) is 20.8 Å². The predicted molar refractivity (Wildman–Crippen MR) is 34.1 cm³/mol. The second-order valence-electron chi connectivity index (χ2n) is 3.10. The average Bonchev–Trinajstić information content (AvgIpc) is 1.62. The third-order valence-electron chi connectivity index (χ3n) is 1.80. The maximum atomic E-state index is 11.0. The van der Waals surface area contributed by atoms with Crippen molar-refractivity contribution in [2.24, 2.45) is 5.92 Å². The third-order valence-corrected chi connectivity index (χ3v) is 1.80. The Morgan fingerprint density at radius 2 is 1.56 bits per heavy atom. The first-order chi connectivity index (χ1) is 3.85. The molecule has 0 fully saturated rings. The minimum absolute atomic E-state index is 0.294. The van der Waals surface area contributed by atoms with Crippen LogP contribution < -0.4 is 0 Å². The quantitative estimate of drug-likeness (QED) is 0.545. The van der Waals surface area contributed by atoms with Crippen molar-refractivity contribution >= 4 is 0 Å². The first-order valence-corrected chi connectivity index (χ1v) is 3.22. The van der Waals surface area contributed by atoms with E-state index in [1.807, 2.05) is 0 Å². The van der Waals surface area contributed by atoms with Crippen LogP contribution in [0.15, 0.2) is 0 Å². The van der Waals surface area contributed by atoms with Gasteiger partial charge in [-0.15, -0.1) is 0 Å². The molecule has 2 atom stereocenters. The topological polar surface area (TPSA) is 39.8 Å². The lowest BCUT2D eigenvalue weighted by Crippen LogP contribution is -2.33. The van der Waals surface area contributed by atoms with Crippen LogP contribution in [0.1, 0.15) is 27.7 Å². The van der Waals surface area contributed by atoms with Crippen LogP contribution in [0.5, 0.6) is 0 Å². The molecule has 2 unspecified atom stereocenters. The van der Waals surface area contributed by atoms with Crippen molar-refractivity contribution in [2.45, 2.75) is 39.4 Å². The molecular formula is C7H14O2. The molecule has 2 heteroatoms. The highest BCUT2D eigenvalue weighted by molar-refractivity contribution is 4.76. The van der Waals surface area contributed by atoms with Crippen LogP contribution >= 0.6 is 0 Å². The van der Waals surface area contributed by atoms with Crippen molar-refractivity contribution in [1.29, 1.82) is 0 Å². The van der Waals surface area contributed by atoms with Crippen LogP contribution in [0.3, 0.4) is 0 Å². The van der Waals surface area contributed by atoms with E-state index in [0.29, 0.717) is 0 Å². The van der Waals surface area contributed by atoms with Gasteiger partial charge in [0.15, 0.2) is 0 Å². The highest BCUT2D eigenvalue weighted by atomic mass is 16.3. The Kier molecular flexibility index (Phi) is 2.65. The minimum atomic E-state index is -1.08. The molecule has 9 heavy (non-hydrogen) atoms. The van der Waals surface area contributed by atoms with E-state index in [0.717, 1.165) is 0 Å². The van der Waals surface area contributed by atoms with Crippen molar-refractivity contribution < 1.29 is 10.2 Å². The maximum absolute atomic E-state index is 11.0. The average molecular weight is 130 g/mol. The first-order valence-electron chi connectivity index (χ1n) is 3.22. The van der Waals surface area contributed by atoms with E-state index < -0.39 is 11.7 Å². The molecule has 2 radical (unpaired) electrons. The van der Waals surface area contributed by atoms with Gasteiger partial charge in [0.25, 0.3) is 0 Å². The number of hydrogen-bond acceptors (Lipinski definition) is 0. The molecule has 0 N–H and O–H groups in total. The van der Waals surface area contributed by atoms with Crippen LogP contribution in [0.2, 0.25) is 0 Å². The molecule has 0 saturated carbocycles. The summed E-state index contributed by atoms with van der Waals surface area (Å²) in [5, 5.41) is 21.7. The Morgan fingerprint density at radius 1 is 1.22 bits per heavy atom. The lowest BCUT2D eigenvalue weighted by atomic mass is 9.89. The largest absolute Gasteiger partial charge is 0.233 e. The fourth-order valence-electron chi connectivity index (χ4n) is 0.565. The smallest absolute Gasteiger partial charge is 0.103 e. The van der Waals surface area contributed by atoms with Gasteiger partial charge in [0.1, 0.15) is 5.60 Å². The molecule has 0 aliphatic carbocycles. The van der Waals surface area contributed by atoms with E-state index in [1.165, 1.54) is 6.92 Å². The first kappa shape index (κ1) is 8.92. The molecule has 0 bridgehead atoms. The lowest BCUT2D eigenvalue weighted by molar-refractivity contribution is -0.0941. The van der Waals surface area contributed by atoms with Crippen LogP contribution in [0.25, 0.3) is 0 Å². The van der Waals surface area contributed by atoms with Crippen molar-refractivity contribution in [2.75, 3.05) is 0 Å². The molecule has 0 aliphatic heterocycles. The second-order valence-corrected chi connectivity index (χ2v) is 3.10. The summed E-state index contributed by atoms with van der Waals surface area (Å²) < 4.78 is 0. The highest BCUT2D eigenvalue weighted by Crippen LogP contribution is 2.19. The zero-order chi connectivity index (χ0) is 7.65. The zero-order valence-electron chi connectivity index (χ0n) is 6.47. The lowest BCUT2D eigenvalue weighted by Gasteiger charge is -2.24. The van der Waals surface area contributed by atoms with Gasteiger partial charge in [-0.3, -0.25) is 0 Å². The summed E-state index contributed by atoms with van der Waals surface area (Å²) in [6.07, 6.45) is -0.752. The van der Waals surface area contributed by atoms with E-state index >= 15 is 0 Å². The summed E-state index contributed by atoms with van der Waals surface area (Å²) in [5.41, 5.74) is -1.08. The number of hydrogen-bond donors (Lipinski definition) is 0. The molecule has 0 heterocycles. The van der Waals surface area contributed by atoms with Crippen LogP contribution in [-0.2, 0) is 10.2 Å². The summed E-state index contributed by atoms with van der Waals surface area (Å²) >= 11 is 0. The Morgan fingerprint density at radius 3 is 1.56 bits per heavy atom. The Labute approximate surface area is 56.5 Å². The number of rotatable bonds is 2. The monoisotopic (exact) mass is 130 g/mol. The molecule has 0 aliphatic rings. The Bertz CT molecular complexity index is 81.4. The summed E-state index contributed by atoms with van der Waals surface area (Å²) in [4.78, 5) is 0. The Balaban J connectivity index is 3.88. The van der Waals surface area contributed by atoms with Crippen LogP contribution in [0.4, 0.5) is 0 Å². The molecule has 0 aromatic rings. The molecule has 0 aromatic carbocycles. The van der Waals surface area contributed by atoms with Crippen molar-refractivity contribution in [3.63, 3.8) is 0 Å². The third kappa shape index (κ3) is 2.82. The van der Waals surface area contributed by atoms with E-state index in [2.05, 4.69) is 0 Å². The van der Waals surface area contributed by atoms with Gasteiger partial charge in [0.05, 0.1) is 6.10 Å². The van der Waals surface area contributed by atoms with E-state index in [9.17, 15) is 10.2 Å². The van der Waals surface area contributed by atoms with Gasteiger partial charge in [0.2, 0.25) is 0 Å². The van der Waals surface area contributed by atoms with Gasteiger partial charge in [-0.25, -0.2) is 10.2 Å². The molecule has 2 nitrogen and oxygen atoms in total. The second kappa shape index (κ2) is 2.67. The fraction of sp³-hybridized carbons (Fsp3) is 1.00. The summed E-state index contributed by atoms with van der Waals surface area (Å²) in [6, 6.07) is 0. The molecular weight excluding hydrogens is 116 g/mol. The van der Waals surface area contributed by atoms with Gasteiger partial charge in [-0.05, 0) is 20.8 Å². The van der Waals surface area contributed by atoms with Gasteiger partial charge in [0, 0.05) is 5.92 Å². The normalized spacial score (nSPS) is 19.3. The molecule has 0 rings (SSSR count). The zero-order valence-corrected chi connectivity index (χ0v) is 6.47. The molecule has 0 spiro atoms. The van der Waals surface area contributed by atoms with Crippen LogP contribution in [-0.4, -0.2) is 11.7 Å². The molecule has 54 valence electrons. The van der Waals surface area contributed by atoms with E-state index in [-0.39, 0.29) is 5.92 Å². The van der Waals surface area contributed by atoms with Gasteiger partial charge in [-0.2, -0.15) is 0 Å². The summed E-state index contributed by atoms with van der Waals surface area (Å²) in [5.74, 6) is -0.294. The molecule has 0 amide bonds. The minimum Gasteiger partial charge on any atom is -0.233 e. The van der Waals surface area contributed by atoms with Crippen molar-refractivity contribution in [3.05, 3.63) is 0 Å². The predicted octanol–water partition coefficient (Wildman–Crippen LogP) is 1.65. The van der Waals surface area contributed by atoms with Crippen molar-refractivity contribution in [1.82, 2.24) is 0 Å². The van der Waals surface area contributed by atoms with Gasteiger partial charge < -0.3 is 0 Å². The van der Waals surface area contributed by atoms with Crippen LogP contribution in [0, 0.1) is 5.92 Å². The standard InChI is InChI=1S/C7H14O2/c1-5(6(2)8)7(3,4)9/h5-6H,1-4H3. The fourth-order valence-corrected chi connectivity index (χ4v) is 0.565. The van der Waals surface area contributed by atoms with E-state index in [4.69, 9.17) is 0 Å². The van der Waals surface area contributed by atoms with Gasteiger partial charge >= 0.3 is 0 Å².